The van der Waals surface area contributed by atoms with Crippen molar-refractivity contribution in [1.29, 1.82) is 0 Å². The lowest BCUT2D eigenvalue weighted by molar-refractivity contribution is -0.133. The number of amides is 1. The maximum Gasteiger partial charge on any atom is 0.260 e. The number of oxazole rings is 1. The molecule has 0 radical (unpaired) electrons. The van der Waals surface area contributed by atoms with Crippen LogP contribution in [0.2, 0.25) is 0 Å². The number of H-pyrrole nitrogens is 1. The van der Waals surface area contributed by atoms with Crippen molar-refractivity contribution in [3.8, 4) is 17.2 Å². The van der Waals surface area contributed by atoms with Crippen LogP contribution in [0.4, 0.5) is 5.69 Å². The van der Waals surface area contributed by atoms with Gasteiger partial charge in [-0.2, -0.15) is 0 Å². The third-order valence-corrected chi connectivity index (χ3v) is 6.06. The normalized spacial score (nSPS) is 14.1. The third-order valence-electron chi connectivity index (χ3n) is 6.06. The van der Waals surface area contributed by atoms with E-state index in [1.165, 1.54) is 0 Å². The zero-order chi connectivity index (χ0) is 22.6. The van der Waals surface area contributed by atoms with Crippen molar-refractivity contribution in [3.63, 3.8) is 0 Å². The molecule has 1 amide bonds. The predicted molar refractivity (Wildman–Crippen MR) is 127 cm³/mol. The molecule has 1 fully saturated rings. The highest BCUT2D eigenvalue weighted by Gasteiger charge is 2.22. The Morgan fingerprint density at radius 3 is 2.67 bits per heavy atom. The first-order chi connectivity index (χ1) is 16.2. The predicted octanol–water partition coefficient (Wildman–Crippen LogP) is 3.05. The molecular formula is C25H27N5O3. The lowest BCUT2D eigenvalue weighted by Crippen LogP contribution is -2.50. The minimum atomic E-state index is 0.00485. The first-order valence-corrected chi connectivity index (χ1v) is 11.2. The first kappa shape index (κ1) is 21.1. The smallest absolute Gasteiger partial charge is 0.260 e. The fourth-order valence-electron chi connectivity index (χ4n) is 4.24. The number of aromatic amines is 1. The first-order valence-electron chi connectivity index (χ1n) is 11.2. The molecule has 170 valence electrons. The van der Waals surface area contributed by atoms with Crippen molar-refractivity contribution in [2.75, 3.05) is 44.2 Å². The van der Waals surface area contributed by atoms with E-state index in [1.807, 2.05) is 41.4 Å². The number of piperazine rings is 1. The summed E-state index contributed by atoms with van der Waals surface area (Å²) in [6.45, 7) is 3.52. The molecule has 8 heteroatoms. The number of hydrogen-bond acceptors (Lipinski definition) is 6. The van der Waals surface area contributed by atoms with Crippen LogP contribution in [0.3, 0.4) is 0 Å². The molecule has 33 heavy (non-hydrogen) atoms. The number of nitrogens with two attached hydrogens (primary N) is 1. The number of nitrogens with one attached hydrogen (secondary N) is 1. The van der Waals surface area contributed by atoms with Gasteiger partial charge in [-0.05, 0) is 61.0 Å². The maximum atomic E-state index is 12.7. The van der Waals surface area contributed by atoms with Crippen molar-refractivity contribution < 1.29 is 13.9 Å². The maximum absolute atomic E-state index is 12.7. The molecule has 0 atom stereocenters. The molecule has 1 aliphatic heterocycles. The lowest BCUT2D eigenvalue weighted by Gasteiger charge is -2.36. The molecule has 0 spiro atoms. The van der Waals surface area contributed by atoms with Crippen LogP contribution in [0.15, 0.2) is 65.5 Å². The number of carbonyl (C=O) groups excluding carboxylic acids is 1. The van der Waals surface area contributed by atoms with Gasteiger partial charge in [-0.1, -0.05) is 0 Å². The van der Waals surface area contributed by atoms with Gasteiger partial charge in [-0.25, -0.2) is 4.98 Å². The summed E-state index contributed by atoms with van der Waals surface area (Å²) in [7, 11) is 0. The van der Waals surface area contributed by atoms with E-state index in [4.69, 9.17) is 14.9 Å². The zero-order valence-corrected chi connectivity index (χ0v) is 18.4. The molecule has 0 unspecified atom stereocenters. The second-order valence-electron chi connectivity index (χ2n) is 8.10. The number of benzene rings is 2. The Balaban J connectivity index is 1.14. The van der Waals surface area contributed by atoms with Crippen LogP contribution >= 0.6 is 0 Å². The molecular weight excluding hydrogens is 418 g/mol. The van der Waals surface area contributed by atoms with Gasteiger partial charge in [0, 0.05) is 54.5 Å². The summed E-state index contributed by atoms with van der Waals surface area (Å²) in [4.78, 5) is 24.3. The van der Waals surface area contributed by atoms with Gasteiger partial charge in [0.25, 0.3) is 5.91 Å². The molecule has 2 aromatic carbocycles. The van der Waals surface area contributed by atoms with Gasteiger partial charge in [0.05, 0.1) is 6.20 Å². The number of rotatable bonds is 7. The van der Waals surface area contributed by atoms with E-state index in [-0.39, 0.29) is 12.5 Å². The minimum Gasteiger partial charge on any atom is -0.484 e. The Hall–Kier alpha value is -3.78. The van der Waals surface area contributed by atoms with Crippen molar-refractivity contribution in [2.45, 2.75) is 6.42 Å². The fourth-order valence-corrected chi connectivity index (χ4v) is 4.24. The Kier molecular flexibility index (Phi) is 5.99. The van der Waals surface area contributed by atoms with Crippen LogP contribution in [0, 0.1) is 0 Å². The second kappa shape index (κ2) is 9.38. The number of anilines is 1. The van der Waals surface area contributed by atoms with Gasteiger partial charge < -0.3 is 29.7 Å². The Bertz CT molecular complexity index is 1210. The highest BCUT2D eigenvalue weighted by Crippen LogP contribution is 2.25. The van der Waals surface area contributed by atoms with E-state index in [0.717, 1.165) is 47.2 Å². The van der Waals surface area contributed by atoms with E-state index >= 15 is 0 Å². The third kappa shape index (κ3) is 4.56. The standard InChI is InChI=1S/C25H27N5O3/c26-8-7-19-16-28-23-6-5-21(15-22(19)23)33-17-24(31)30-12-10-29(11-13-30)20-3-1-18(2-4-20)25-27-9-14-32-25/h1-6,9,14-16,28H,7-8,10-13,17,26H2. The summed E-state index contributed by atoms with van der Waals surface area (Å²) in [5, 5.41) is 1.09. The molecule has 1 aliphatic rings. The minimum absolute atomic E-state index is 0.00485. The summed E-state index contributed by atoms with van der Waals surface area (Å²) in [5.41, 5.74) is 9.98. The van der Waals surface area contributed by atoms with Gasteiger partial charge in [0.2, 0.25) is 5.89 Å². The van der Waals surface area contributed by atoms with E-state index in [0.29, 0.717) is 31.3 Å². The number of carbonyl (C=O) groups is 1. The molecule has 0 aliphatic carbocycles. The average molecular weight is 446 g/mol. The number of aromatic nitrogens is 2. The van der Waals surface area contributed by atoms with Crippen LogP contribution in [-0.2, 0) is 11.2 Å². The van der Waals surface area contributed by atoms with Gasteiger partial charge in [0.15, 0.2) is 6.61 Å². The summed E-state index contributed by atoms with van der Waals surface area (Å²) in [5.74, 6) is 1.31. The number of ether oxygens (including phenoxy) is 1. The summed E-state index contributed by atoms with van der Waals surface area (Å²) >= 11 is 0. The lowest BCUT2D eigenvalue weighted by atomic mass is 10.1. The molecule has 4 aromatic rings. The summed E-state index contributed by atoms with van der Waals surface area (Å²) in [6.07, 6.45) is 5.99. The number of hydrogen-bond donors (Lipinski definition) is 2. The number of fused-ring (bicyclic) bond motifs is 1. The highest BCUT2D eigenvalue weighted by atomic mass is 16.5. The Labute approximate surface area is 191 Å². The van der Waals surface area contributed by atoms with Crippen molar-refractivity contribution in [3.05, 3.63) is 66.7 Å². The molecule has 3 N–H and O–H groups in total. The second-order valence-corrected chi connectivity index (χ2v) is 8.10. The highest BCUT2D eigenvalue weighted by molar-refractivity contribution is 5.85. The monoisotopic (exact) mass is 445 g/mol. The average Bonchev–Trinajstić information content (AvgIpc) is 3.54. The van der Waals surface area contributed by atoms with E-state index in [9.17, 15) is 4.79 Å². The van der Waals surface area contributed by atoms with E-state index in [2.05, 4.69) is 27.0 Å². The van der Waals surface area contributed by atoms with Gasteiger partial charge in [-0.15, -0.1) is 0 Å². The molecule has 5 rings (SSSR count). The van der Waals surface area contributed by atoms with E-state index < -0.39 is 0 Å². The largest absolute Gasteiger partial charge is 0.484 e. The van der Waals surface area contributed by atoms with Crippen LogP contribution < -0.4 is 15.4 Å². The molecule has 3 heterocycles. The fraction of sp³-hybridized carbons (Fsp3) is 0.280. The van der Waals surface area contributed by atoms with Crippen LogP contribution in [0.5, 0.6) is 5.75 Å². The van der Waals surface area contributed by atoms with Crippen LogP contribution in [-0.4, -0.2) is 60.1 Å². The van der Waals surface area contributed by atoms with Gasteiger partial charge in [-0.3, -0.25) is 4.79 Å². The van der Waals surface area contributed by atoms with Crippen LogP contribution in [0.25, 0.3) is 22.4 Å². The molecule has 0 bridgehead atoms. The van der Waals surface area contributed by atoms with Crippen molar-refractivity contribution in [1.82, 2.24) is 14.9 Å². The Morgan fingerprint density at radius 1 is 1.12 bits per heavy atom. The quantitative estimate of drug-likeness (QED) is 0.454. The zero-order valence-electron chi connectivity index (χ0n) is 18.4. The van der Waals surface area contributed by atoms with Gasteiger partial charge in [0.1, 0.15) is 12.0 Å². The summed E-state index contributed by atoms with van der Waals surface area (Å²) < 4.78 is 11.2. The topological polar surface area (TPSA) is 101 Å². The van der Waals surface area contributed by atoms with Crippen molar-refractivity contribution in [2.24, 2.45) is 5.73 Å². The Morgan fingerprint density at radius 2 is 1.94 bits per heavy atom. The summed E-state index contributed by atoms with van der Waals surface area (Å²) in [6, 6.07) is 14.0. The molecule has 0 saturated carbocycles. The SMILES string of the molecule is NCCc1c[nH]c2ccc(OCC(=O)N3CCN(c4ccc(-c5ncco5)cc4)CC3)cc12. The van der Waals surface area contributed by atoms with Crippen molar-refractivity contribution >= 4 is 22.5 Å². The van der Waals surface area contributed by atoms with Gasteiger partial charge >= 0.3 is 0 Å². The molecule has 8 nitrogen and oxygen atoms in total. The van der Waals surface area contributed by atoms with E-state index in [1.54, 1.807) is 12.5 Å². The molecule has 2 aromatic heterocycles. The number of nitrogens with zero attached hydrogens (tertiary/aromatic N) is 3. The van der Waals surface area contributed by atoms with Crippen LogP contribution in [0.1, 0.15) is 5.56 Å². The molecule has 1 saturated heterocycles.